The Morgan fingerprint density at radius 3 is 2.69 bits per heavy atom. The lowest BCUT2D eigenvalue weighted by molar-refractivity contribution is -0.137. The molecule has 5 rings (SSSR count). The molecule has 0 saturated carbocycles. The zero-order chi connectivity index (χ0) is 24.9. The number of methoxy groups -OCH3 is 1. The summed E-state index contributed by atoms with van der Waals surface area (Å²) in [4.78, 5) is 15.2. The fourth-order valence-corrected chi connectivity index (χ4v) is 4.80. The van der Waals surface area contributed by atoms with Crippen molar-refractivity contribution in [3.05, 3.63) is 63.4 Å². The van der Waals surface area contributed by atoms with Crippen molar-refractivity contribution in [3.8, 4) is 22.7 Å². The van der Waals surface area contributed by atoms with Gasteiger partial charge >= 0.3 is 6.18 Å². The number of aryl methyl sites for hydroxylation is 1. The molecule has 2 aliphatic rings. The second kappa shape index (κ2) is 8.60. The minimum atomic E-state index is -4.70. The molecule has 0 spiro atoms. The molecule has 0 radical (unpaired) electrons. The highest BCUT2D eigenvalue weighted by Crippen LogP contribution is 2.38. The first-order valence-corrected chi connectivity index (χ1v) is 11.4. The molecule has 0 amide bonds. The molecule has 184 valence electrons. The Morgan fingerprint density at radius 2 is 2.00 bits per heavy atom. The number of nitrogens with one attached hydrogen (secondary N) is 1. The Kier molecular flexibility index (Phi) is 5.71. The average Bonchev–Trinajstić information content (AvgIpc) is 3.48. The first-order chi connectivity index (χ1) is 16.7. The highest BCUT2D eigenvalue weighted by atomic mass is 19.4. The maximum absolute atomic E-state index is 14.1. The fraction of sp³-hybridized carbons (Fsp3) is 0.360. The zero-order valence-electron chi connectivity index (χ0n) is 19.3. The van der Waals surface area contributed by atoms with Crippen LogP contribution >= 0.6 is 0 Å². The molecule has 0 bridgehead atoms. The minimum absolute atomic E-state index is 0.255. The maximum Gasteiger partial charge on any atom is 0.418 e. The van der Waals surface area contributed by atoms with Crippen LogP contribution in [0.15, 0.2) is 41.2 Å². The number of fused-ring (bicyclic) bond motifs is 1. The number of benzene rings is 2. The predicted octanol–water partition coefficient (Wildman–Crippen LogP) is 3.77. The number of alkyl halides is 3. The van der Waals surface area contributed by atoms with E-state index in [9.17, 15) is 23.1 Å². The summed E-state index contributed by atoms with van der Waals surface area (Å²) in [5.41, 5.74) is 1.46. The van der Waals surface area contributed by atoms with Gasteiger partial charge in [0, 0.05) is 36.4 Å². The lowest BCUT2D eigenvalue weighted by Gasteiger charge is -2.22. The Hall–Kier alpha value is -3.53. The summed E-state index contributed by atoms with van der Waals surface area (Å²) in [5, 5.41) is 17.4. The summed E-state index contributed by atoms with van der Waals surface area (Å²) in [7, 11) is 1.54. The van der Waals surface area contributed by atoms with E-state index in [0.717, 1.165) is 16.3 Å². The number of aliphatic hydroxyl groups is 1. The van der Waals surface area contributed by atoms with Gasteiger partial charge in [0.15, 0.2) is 0 Å². The first-order valence-electron chi connectivity index (χ1n) is 11.4. The quantitative estimate of drug-likeness (QED) is 0.585. The van der Waals surface area contributed by atoms with Gasteiger partial charge in [0.1, 0.15) is 11.4 Å². The summed E-state index contributed by atoms with van der Waals surface area (Å²) < 4.78 is 48.4. The van der Waals surface area contributed by atoms with E-state index in [1.165, 1.54) is 19.2 Å². The van der Waals surface area contributed by atoms with Crippen LogP contribution in [0.3, 0.4) is 0 Å². The number of aromatic nitrogens is 2. The summed E-state index contributed by atoms with van der Waals surface area (Å²) >= 11 is 0. The molecule has 2 aliphatic heterocycles. The first kappa shape index (κ1) is 23.2. The highest BCUT2D eigenvalue weighted by Gasteiger charge is 2.36. The Bertz CT molecular complexity index is 1350. The van der Waals surface area contributed by atoms with Gasteiger partial charge in [-0.25, -0.2) is 0 Å². The second-order valence-electron chi connectivity index (χ2n) is 8.92. The fourth-order valence-electron chi connectivity index (χ4n) is 4.80. The number of hydrogen-bond acceptors (Lipinski definition) is 6. The number of ether oxygens (including phenoxy) is 1. The van der Waals surface area contributed by atoms with E-state index in [2.05, 4.69) is 10.4 Å². The highest BCUT2D eigenvalue weighted by molar-refractivity contribution is 5.73. The van der Waals surface area contributed by atoms with Crippen molar-refractivity contribution in [2.24, 2.45) is 0 Å². The van der Waals surface area contributed by atoms with Crippen molar-refractivity contribution < 1.29 is 23.0 Å². The molecule has 35 heavy (non-hydrogen) atoms. The molecule has 7 nitrogen and oxygen atoms in total. The lowest BCUT2D eigenvalue weighted by Crippen LogP contribution is -2.28. The number of β-amino-alcohol motifs (C(OH)–C–C–N with tert-alkyl or cyclic N) is 1. The van der Waals surface area contributed by atoms with Crippen LogP contribution in [0, 0.1) is 6.92 Å². The van der Waals surface area contributed by atoms with E-state index < -0.39 is 23.4 Å². The van der Waals surface area contributed by atoms with Crippen LogP contribution in [0.25, 0.3) is 16.9 Å². The number of aliphatic hydroxyl groups excluding tert-OH is 1. The van der Waals surface area contributed by atoms with Gasteiger partial charge < -0.3 is 20.1 Å². The van der Waals surface area contributed by atoms with E-state index in [0.29, 0.717) is 60.7 Å². The molecule has 0 aliphatic carbocycles. The molecular formula is C25H25F3N4O3. The lowest BCUT2D eigenvalue weighted by atomic mass is 10.0. The average molecular weight is 486 g/mol. The van der Waals surface area contributed by atoms with Crippen molar-refractivity contribution in [2.75, 3.05) is 37.0 Å². The predicted molar refractivity (Wildman–Crippen MR) is 127 cm³/mol. The summed E-state index contributed by atoms with van der Waals surface area (Å²) in [6, 6.07) is 9.14. The number of rotatable bonds is 4. The van der Waals surface area contributed by atoms with Crippen LogP contribution < -0.4 is 20.5 Å². The largest absolute Gasteiger partial charge is 0.497 e. The van der Waals surface area contributed by atoms with Crippen LogP contribution in [0.5, 0.6) is 5.75 Å². The Labute approximate surface area is 199 Å². The molecule has 2 aromatic carbocycles. The van der Waals surface area contributed by atoms with Crippen molar-refractivity contribution >= 4 is 11.4 Å². The van der Waals surface area contributed by atoms with Crippen molar-refractivity contribution in [2.45, 2.75) is 32.0 Å². The van der Waals surface area contributed by atoms with Gasteiger partial charge in [-0.1, -0.05) is 0 Å². The summed E-state index contributed by atoms with van der Waals surface area (Å²) in [6.45, 7) is 3.20. The number of halogens is 3. The van der Waals surface area contributed by atoms with E-state index in [-0.39, 0.29) is 11.4 Å². The van der Waals surface area contributed by atoms with Gasteiger partial charge in [-0.15, -0.1) is 0 Å². The molecule has 1 fully saturated rings. The van der Waals surface area contributed by atoms with Gasteiger partial charge in [-0.3, -0.25) is 4.79 Å². The van der Waals surface area contributed by atoms with E-state index in [1.807, 2.05) is 19.1 Å². The van der Waals surface area contributed by atoms with E-state index >= 15 is 0 Å². The number of hydrogen-bond donors (Lipinski definition) is 2. The van der Waals surface area contributed by atoms with Gasteiger partial charge in [0.25, 0.3) is 5.56 Å². The SMILES string of the molecule is COc1cc(C)cc(-c2nn(-c3cc(N4CC[C@H](O)C4)ccc3C(F)(F)F)c(=O)c3c2CCN3)c1. The number of nitrogens with zero attached hydrogens (tertiary/aromatic N) is 3. The third-order valence-electron chi connectivity index (χ3n) is 6.47. The molecule has 3 aromatic rings. The van der Waals surface area contributed by atoms with Crippen LogP contribution in [0.1, 0.15) is 23.1 Å². The number of anilines is 2. The standard InChI is InChI=1S/C25H25F3N4O3/c1-14-9-15(11-18(10-14)35-2)22-19-5-7-29-23(19)24(34)32(30-22)21-12-16(31-8-6-17(33)13-31)3-4-20(21)25(26,27)28/h3-4,9-12,17,29,33H,5-8,13H2,1-2H3/t17-/m0/s1. The van der Waals surface area contributed by atoms with Crippen molar-refractivity contribution in [1.29, 1.82) is 0 Å². The van der Waals surface area contributed by atoms with Crippen LogP contribution in [-0.2, 0) is 12.6 Å². The molecule has 1 atom stereocenters. The van der Waals surface area contributed by atoms with E-state index in [4.69, 9.17) is 4.74 Å². The monoisotopic (exact) mass is 486 g/mol. The van der Waals surface area contributed by atoms with Crippen molar-refractivity contribution in [3.63, 3.8) is 0 Å². The smallest absolute Gasteiger partial charge is 0.418 e. The van der Waals surface area contributed by atoms with Gasteiger partial charge in [-0.05, 0) is 61.7 Å². The van der Waals surface area contributed by atoms with Gasteiger partial charge in [0.2, 0.25) is 0 Å². The Balaban J connectivity index is 1.75. The zero-order valence-corrected chi connectivity index (χ0v) is 19.3. The van der Waals surface area contributed by atoms with Crippen LogP contribution in [-0.4, -0.2) is 47.7 Å². The normalized spacial score (nSPS) is 17.4. The minimum Gasteiger partial charge on any atom is -0.497 e. The van der Waals surface area contributed by atoms with Gasteiger partial charge in [0.05, 0.1) is 30.2 Å². The maximum atomic E-state index is 14.1. The summed E-state index contributed by atoms with van der Waals surface area (Å²) in [5.74, 6) is 0.588. The Morgan fingerprint density at radius 1 is 1.20 bits per heavy atom. The van der Waals surface area contributed by atoms with Gasteiger partial charge in [-0.2, -0.15) is 23.0 Å². The van der Waals surface area contributed by atoms with Crippen LogP contribution in [0.4, 0.5) is 24.5 Å². The molecule has 2 N–H and O–H groups in total. The van der Waals surface area contributed by atoms with Crippen LogP contribution in [0.2, 0.25) is 0 Å². The molecule has 10 heteroatoms. The topological polar surface area (TPSA) is 79.6 Å². The summed E-state index contributed by atoms with van der Waals surface area (Å²) in [6.07, 6.45) is -4.19. The second-order valence-corrected chi connectivity index (χ2v) is 8.92. The molecular weight excluding hydrogens is 461 g/mol. The third-order valence-corrected chi connectivity index (χ3v) is 6.47. The van der Waals surface area contributed by atoms with E-state index in [1.54, 1.807) is 11.0 Å². The molecule has 1 saturated heterocycles. The van der Waals surface area contributed by atoms with Crippen molar-refractivity contribution in [1.82, 2.24) is 9.78 Å². The molecule has 1 aromatic heterocycles. The molecule has 3 heterocycles. The third kappa shape index (κ3) is 4.22. The molecule has 0 unspecified atom stereocenters.